The summed E-state index contributed by atoms with van der Waals surface area (Å²) in [4.78, 5) is 4.62. The maximum absolute atomic E-state index is 4.62. The normalized spacial score (nSPS) is 38.5. The van der Waals surface area contributed by atoms with Crippen molar-refractivity contribution in [3.8, 4) is 0 Å². The average molecular weight is 154 g/mol. The molecule has 0 saturated carbocycles. The van der Waals surface area contributed by atoms with Crippen LogP contribution in [-0.4, -0.2) is 23.8 Å². The molecule has 2 nitrogen and oxygen atoms in total. The summed E-state index contributed by atoms with van der Waals surface area (Å²) in [6.07, 6.45) is 1.07. The van der Waals surface area contributed by atoms with Crippen LogP contribution in [0.25, 0.3) is 0 Å². The molecule has 1 rings (SSSR count). The van der Waals surface area contributed by atoms with Crippen molar-refractivity contribution in [2.75, 3.05) is 0 Å². The summed E-state index contributed by atoms with van der Waals surface area (Å²) < 4.78 is 0. The Morgan fingerprint density at radius 1 is 1.36 bits per heavy atom. The van der Waals surface area contributed by atoms with E-state index in [4.69, 9.17) is 0 Å². The van der Waals surface area contributed by atoms with Crippen LogP contribution >= 0.6 is 0 Å². The quantitative estimate of drug-likeness (QED) is 0.609. The fourth-order valence-electron chi connectivity index (χ4n) is 1.51. The van der Waals surface area contributed by atoms with E-state index in [1.54, 1.807) is 0 Å². The van der Waals surface area contributed by atoms with E-state index in [9.17, 15) is 0 Å². The van der Waals surface area contributed by atoms with Crippen LogP contribution < -0.4 is 5.32 Å². The topological polar surface area (TPSA) is 24.4 Å². The second kappa shape index (κ2) is 3.35. The van der Waals surface area contributed by atoms with Gasteiger partial charge in [-0.3, -0.25) is 4.99 Å². The summed E-state index contributed by atoms with van der Waals surface area (Å²) in [5.74, 6) is 0. The van der Waals surface area contributed by atoms with E-state index >= 15 is 0 Å². The summed E-state index contributed by atoms with van der Waals surface area (Å²) in [5.41, 5.74) is 1.32. The van der Waals surface area contributed by atoms with Gasteiger partial charge in [-0.25, -0.2) is 0 Å². The standard InChI is InChI=1S/C9H18N2/c1-5-9-8(4)10-6(2)7(3)11-9/h6-8,10H,5H2,1-4H3. The van der Waals surface area contributed by atoms with Gasteiger partial charge in [0.15, 0.2) is 0 Å². The summed E-state index contributed by atoms with van der Waals surface area (Å²) in [5, 5.41) is 3.50. The van der Waals surface area contributed by atoms with E-state index < -0.39 is 0 Å². The minimum absolute atomic E-state index is 0.446. The van der Waals surface area contributed by atoms with Gasteiger partial charge in [0.05, 0.1) is 6.04 Å². The zero-order valence-electron chi connectivity index (χ0n) is 7.89. The number of nitrogens with zero attached hydrogens (tertiary/aromatic N) is 1. The van der Waals surface area contributed by atoms with Gasteiger partial charge in [0, 0.05) is 17.8 Å². The van der Waals surface area contributed by atoms with Crippen molar-refractivity contribution >= 4 is 5.71 Å². The van der Waals surface area contributed by atoms with Crippen LogP contribution in [0.15, 0.2) is 4.99 Å². The Labute approximate surface area is 69.1 Å². The molecule has 0 bridgehead atoms. The molecule has 0 aromatic heterocycles. The zero-order valence-corrected chi connectivity index (χ0v) is 7.89. The number of nitrogens with one attached hydrogen (secondary N) is 1. The van der Waals surface area contributed by atoms with Gasteiger partial charge in [-0.15, -0.1) is 0 Å². The first-order valence-corrected chi connectivity index (χ1v) is 4.47. The second-order valence-electron chi connectivity index (χ2n) is 3.39. The van der Waals surface area contributed by atoms with Gasteiger partial charge in [-0.1, -0.05) is 6.92 Å². The summed E-state index contributed by atoms with van der Waals surface area (Å²) in [6.45, 7) is 8.71. The number of aliphatic imine (C=N–C) groups is 1. The highest BCUT2D eigenvalue weighted by Crippen LogP contribution is 2.09. The number of rotatable bonds is 1. The van der Waals surface area contributed by atoms with Crippen LogP contribution in [-0.2, 0) is 0 Å². The third kappa shape index (κ3) is 1.80. The van der Waals surface area contributed by atoms with E-state index in [0.29, 0.717) is 18.1 Å². The molecule has 0 amide bonds. The van der Waals surface area contributed by atoms with Gasteiger partial charge in [-0.2, -0.15) is 0 Å². The predicted octanol–water partition coefficient (Wildman–Crippen LogP) is 1.61. The molecule has 0 aromatic carbocycles. The van der Waals surface area contributed by atoms with E-state index in [-0.39, 0.29) is 0 Å². The third-order valence-corrected chi connectivity index (χ3v) is 2.47. The Bertz CT molecular complexity index is 163. The van der Waals surface area contributed by atoms with Crippen LogP contribution in [0.3, 0.4) is 0 Å². The van der Waals surface area contributed by atoms with Gasteiger partial charge in [0.25, 0.3) is 0 Å². The second-order valence-corrected chi connectivity index (χ2v) is 3.39. The van der Waals surface area contributed by atoms with Gasteiger partial charge < -0.3 is 5.32 Å². The van der Waals surface area contributed by atoms with Crippen molar-refractivity contribution in [3.05, 3.63) is 0 Å². The molecule has 0 spiro atoms. The highest BCUT2D eigenvalue weighted by Gasteiger charge is 2.21. The lowest BCUT2D eigenvalue weighted by molar-refractivity contribution is 0.439. The Kier molecular flexibility index (Phi) is 2.66. The molecule has 1 aliphatic heterocycles. The van der Waals surface area contributed by atoms with Gasteiger partial charge in [-0.05, 0) is 27.2 Å². The maximum atomic E-state index is 4.62. The Hall–Kier alpha value is -0.370. The highest BCUT2D eigenvalue weighted by atomic mass is 15.1. The van der Waals surface area contributed by atoms with E-state index in [1.165, 1.54) is 5.71 Å². The Morgan fingerprint density at radius 3 is 2.55 bits per heavy atom. The van der Waals surface area contributed by atoms with Gasteiger partial charge in [0.2, 0.25) is 0 Å². The largest absolute Gasteiger partial charge is 0.304 e. The van der Waals surface area contributed by atoms with Crippen LogP contribution in [0.4, 0.5) is 0 Å². The number of hydrogen-bond donors (Lipinski definition) is 1. The van der Waals surface area contributed by atoms with Crippen molar-refractivity contribution < 1.29 is 0 Å². The van der Waals surface area contributed by atoms with Crippen molar-refractivity contribution in [2.45, 2.75) is 52.2 Å². The summed E-state index contributed by atoms with van der Waals surface area (Å²) >= 11 is 0. The molecule has 0 fully saturated rings. The molecule has 0 aromatic rings. The van der Waals surface area contributed by atoms with Crippen LogP contribution in [0.2, 0.25) is 0 Å². The van der Waals surface area contributed by atoms with E-state index in [2.05, 4.69) is 38.0 Å². The third-order valence-electron chi connectivity index (χ3n) is 2.47. The fourth-order valence-corrected chi connectivity index (χ4v) is 1.51. The first kappa shape index (κ1) is 8.72. The SMILES string of the molecule is CCC1=NC(C)C(C)NC1C. The van der Waals surface area contributed by atoms with Crippen molar-refractivity contribution in [1.82, 2.24) is 5.32 Å². The molecule has 64 valence electrons. The van der Waals surface area contributed by atoms with Crippen LogP contribution in [0, 0.1) is 0 Å². The molecule has 0 aliphatic carbocycles. The summed E-state index contributed by atoms with van der Waals surface area (Å²) in [7, 11) is 0. The van der Waals surface area contributed by atoms with Crippen molar-refractivity contribution in [2.24, 2.45) is 4.99 Å². The molecule has 2 heteroatoms. The van der Waals surface area contributed by atoms with Crippen molar-refractivity contribution in [1.29, 1.82) is 0 Å². The first-order valence-electron chi connectivity index (χ1n) is 4.47. The van der Waals surface area contributed by atoms with Gasteiger partial charge >= 0.3 is 0 Å². The lowest BCUT2D eigenvalue weighted by Gasteiger charge is -2.30. The lowest BCUT2D eigenvalue weighted by Crippen LogP contribution is -2.49. The Morgan fingerprint density at radius 2 is 2.00 bits per heavy atom. The van der Waals surface area contributed by atoms with Gasteiger partial charge in [0.1, 0.15) is 0 Å². The molecule has 0 radical (unpaired) electrons. The first-order chi connectivity index (χ1) is 5.15. The molecule has 0 saturated heterocycles. The predicted molar refractivity (Wildman–Crippen MR) is 49.2 cm³/mol. The average Bonchev–Trinajstić information content (AvgIpc) is 1.97. The fraction of sp³-hybridized carbons (Fsp3) is 0.889. The minimum Gasteiger partial charge on any atom is -0.304 e. The molecule has 1 aliphatic rings. The molecule has 1 heterocycles. The van der Waals surface area contributed by atoms with Crippen LogP contribution in [0.5, 0.6) is 0 Å². The zero-order chi connectivity index (χ0) is 8.43. The minimum atomic E-state index is 0.446. The molecule has 1 N–H and O–H groups in total. The summed E-state index contributed by atoms with van der Waals surface area (Å²) in [6, 6.07) is 1.45. The molecule has 11 heavy (non-hydrogen) atoms. The Balaban J connectivity index is 2.70. The molecular formula is C9H18N2. The molecule has 3 unspecified atom stereocenters. The van der Waals surface area contributed by atoms with Crippen molar-refractivity contribution in [3.63, 3.8) is 0 Å². The lowest BCUT2D eigenvalue weighted by atomic mass is 10.0. The van der Waals surface area contributed by atoms with E-state index in [0.717, 1.165) is 6.42 Å². The van der Waals surface area contributed by atoms with Crippen LogP contribution in [0.1, 0.15) is 34.1 Å². The van der Waals surface area contributed by atoms with E-state index in [1.807, 2.05) is 0 Å². The molecular weight excluding hydrogens is 136 g/mol. The smallest absolute Gasteiger partial charge is 0.0622 e. The molecule has 3 atom stereocenters. The highest BCUT2D eigenvalue weighted by molar-refractivity contribution is 5.89. The number of hydrogen-bond acceptors (Lipinski definition) is 2. The monoisotopic (exact) mass is 154 g/mol. The maximum Gasteiger partial charge on any atom is 0.0622 e.